The lowest BCUT2D eigenvalue weighted by Crippen LogP contribution is -2.45. The van der Waals surface area contributed by atoms with Crippen molar-refractivity contribution in [3.63, 3.8) is 0 Å². The predicted molar refractivity (Wildman–Crippen MR) is 253 cm³/mol. The molecule has 0 aliphatic carbocycles. The molecule has 57 heavy (non-hydrogen) atoms. The Balaban J connectivity index is 3.55. The maximum atomic E-state index is 12.4. The minimum absolute atomic E-state index is 0.0728. The van der Waals surface area contributed by atoms with E-state index in [2.05, 4.69) is 55.6 Å². The molecule has 0 aromatic rings. The maximum absolute atomic E-state index is 12.4. The molecular formula is C53H99NO3. The molecule has 1 amide bonds. The van der Waals surface area contributed by atoms with Crippen LogP contribution in [0.4, 0.5) is 0 Å². The summed E-state index contributed by atoms with van der Waals surface area (Å²) in [5.74, 6) is -0.0728. The van der Waals surface area contributed by atoms with E-state index in [9.17, 15) is 15.0 Å². The quantitative estimate of drug-likeness (QED) is 0.0424. The van der Waals surface area contributed by atoms with E-state index >= 15 is 0 Å². The van der Waals surface area contributed by atoms with Crippen molar-refractivity contribution in [2.45, 2.75) is 276 Å². The standard InChI is InChI=1S/C53H99NO3/c1-3-5-7-9-11-13-15-17-19-21-23-25-26-27-29-30-32-34-36-38-40-42-44-46-48-52(56)51(50-55)54-53(57)49-47-45-43-41-39-37-35-33-31-28-24-22-20-18-16-14-12-10-8-6-4-2/h6,8,12,14,38,40,46,48,51-52,55-56H,3-5,7,9-11,13,15-37,39,41-45,47,49-50H2,1-2H3,(H,54,57)/b8-6-,14-12-,40-38+,48-46+. The van der Waals surface area contributed by atoms with Crippen LogP contribution in [0.2, 0.25) is 0 Å². The molecule has 2 atom stereocenters. The average Bonchev–Trinajstić information content (AvgIpc) is 3.22. The molecular weight excluding hydrogens is 699 g/mol. The number of carbonyl (C=O) groups is 1. The van der Waals surface area contributed by atoms with E-state index in [1.807, 2.05) is 6.08 Å². The first-order valence-corrected chi connectivity index (χ1v) is 25.4. The number of amides is 1. The number of allylic oxidation sites excluding steroid dienone is 7. The molecule has 3 N–H and O–H groups in total. The molecule has 334 valence electrons. The molecule has 0 saturated carbocycles. The van der Waals surface area contributed by atoms with Crippen LogP contribution in [0, 0.1) is 0 Å². The molecule has 0 fully saturated rings. The molecule has 0 aromatic carbocycles. The average molecular weight is 798 g/mol. The van der Waals surface area contributed by atoms with Gasteiger partial charge in [0.1, 0.15) is 0 Å². The lowest BCUT2D eigenvalue weighted by molar-refractivity contribution is -0.123. The van der Waals surface area contributed by atoms with Gasteiger partial charge in [-0.15, -0.1) is 0 Å². The molecule has 4 heteroatoms. The molecule has 0 rings (SSSR count). The Morgan fingerprint density at radius 1 is 0.439 bits per heavy atom. The van der Waals surface area contributed by atoms with E-state index in [1.54, 1.807) is 6.08 Å². The van der Waals surface area contributed by atoms with E-state index in [1.165, 1.54) is 199 Å². The lowest BCUT2D eigenvalue weighted by atomic mass is 10.0. The number of unbranched alkanes of at least 4 members (excludes halogenated alkanes) is 33. The summed E-state index contributed by atoms with van der Waals surface area (Å²) in [4.78, 5) is 12.4. The van der Waals surface area contributed by atoms with Crippen molar-refractivity contribution in [2.24, 2.45) is 0 Å². The molecule has 4 nitrogen and oxygen atoms in total. The highest BCUT2D eigenvalue weighted by Crippen LogP contribution is 2.16. The molecule has 0 aliphatic rings. The summed E-state index contributed by atoms with van der Waals surface area (Å²) in [6, 6.07) is -0.640. The summed E-state index contributed by atoms with van der Waals surface area (Å²) in [7, 11) is 0. The van der Waals surface area contributed by atoms with Crippen LogP contribution < -0.4 is 5.32 Å². The van der Waals surface area contributed by atoms with Gasteiger partial charge in [0.25, 0.3) is 0 Å². The largest absolute Gasteiger partial charge is 0.394 e. The Hall–Kier alpha value is -1.65. The summed E-state index contributed by atoms with van der Waals surface area (Å²) in [5, 5.41) is 23.1. The Morgan fingerprint density at radius 2 is 0.789 bits per heavy atom. The number of carbonyl (C=O) groups excluding carboxylic acids is 1. The van der Waals surface area contributed by atoms with Crippen molar-refractivity contribution in [1.82, 2.24) is 5.32 Å². The van der Waals surface area contributed by atoms with Gasteiger partial charge in [-0.25, -0.2) is 0 Å². The monoisotopic (exact) mass is 798 g/mol. The van der Waals surface area contributed by atoms with Crippen molar-refractivity contribution in [2.75, 3.05) is 6.61 Å². The Bertz CT molecular complexity index is 908. The number of hydrogen-bond donors (Lipinski definition) is 3. The summed E-state index contributed by atoms with van der Waals surface area (Å²) in [6.07, 6.45) is 66.8. The van der Waals surface area contributed by atoms with Crippen LogP contribution in [0.25, 0.3) is 0 Å². The van der Waals surface area contributed by atoms with Gasteiger partial charge in [-0.05, 0) is 57.8 Å². The van der Waals surface area contributed by atoms with Crippen molar-refractivity contribution in [3.05, 3.63) is 48.6 Å². The topological polar surface area (TPSA) is 69.6 Å². The Labute approximate surface area is 356 Å². The van der Waals surface area contributed by atoms with Crippen LogP contribution in [0.1, 0.15) is 264 Å². The van der Waals surface area contributed by atoms with Gasteiger partial charge in [-0.3, -0.25) is 4.79 Å². The number of aliphatic hydroxyl groups excluding tert-OH is 2. The number of nitrogens with one attached hydrogen (secondary N) is 1. The van der Waals surface area contributed by atoms with Gasteiger partial charge in [0, 0.05) is 6.42 Å². The van der Waals surface area contributed by atoms with E-state index < -0.39 is 12.1 Å². The summed E-state index contributed by atoms with van der Waals surface area (Å²) in [6.45, 7) is 4.22. The van der Waals surface area contributed by atoms with E-state index in [4.69, 9.17) is 0 Å². The molecule has 0 spiro atoms. The Kier molecular flexibility index (Phi) is 47.3. The van der Waals surface area contributed by atoms with Crippen LogP contribution in [-0.4, -0.2) is 34.9 Å². The zero-order valence-corrected chi connectivity index (χ0v) is 38.4. The maximum Gasteiger partial charge on any atom is 0.220 e. The summed E-state index contributed by atoms with van der Waals surface area (Å²) >= 11 is 0. The van der Waals surface area contributed by atoms with Gasteiger partial charge in [-0.2, -0.15) is 0 Å². The molecule has 0 radical (unpaired) electrons. The number of hydrogen-bond acceptors (Lipinski definition) is 3. The predicted octanol–water partition coefficient (Wildman–Crippen LogP) is 16.3. The van der Waals surface area contributed by atoms with Crippen LogP contribution in [0.3, 0.4) is 0 Å². The van der Waals surface area contributed by atoms with Crippen molar-refractivity contribution >= 4 is 5.91 Å². The second kappa shape index (κ2) is 48.7. The number of rotatable bonds is 46. The smallest absolute Gasteiger partial charge is 0.220 e. The van der Waals surface area contributed by atoms with Crippen LogP contribution in [0.5, 0.6) is 0 Å². The third kappa shape index (κ3) is 45.3. The van der Waals surface area contributed by atoms with Gasteiger partial charge < -0.3 is 15.5 Å². The lowest BCUT2D eigenvalue weighted by Gasteiger charge is -2.19. The first-order valence-electron chi connectivity index (χ1n) is 25.4. The highest BCUT2D eigenvalue weighted by molar-refractivity contribution is 5.76. The van der Waals surface area contributed by atoms with Gasteiger partial charge in [0.15, 0.2) is 0 Å². The summed E-state index contributed by atoms with van der Waals surface area (Å²) < 4.78 is 0. The van der Waals surface area contributed by atoms with Crippen LogP contribution >= 0.6 is 0 Å². The molecule has 0 aromatic heterocycles. The SMILES string of the molecule is CC/C=C\C/C=C\CCCCCCCCCCCCCCCCC(=O)NC(CO)C(O)/C=C/CC/C=C/CCCCCCCCCCCCCCCCCCCC. The van der Waals surface area contributed by atoms with Gasteiger partial charge in [-0.1, -0.05) is 249 Å². The molecule has 0 aliphatic heterocycles. The zero-order chi connectivity index (χ0) is 41.4. The normalized spacial score (nSPS) is 13.3. The second-order valence-corrected chi connectivity index (χ2v) is 17.2. The fourth-order valence-electron chi connectivity index (χ4n) is 7.70. The minimum atomic E-state index is -0.863. The third-order valence-electron chi connectivity index (χ3n) is 11.5. The van der Waals surface area contributed by atoms with E-state index in [0.29, 0.717) is 6.42 Å². The zero-order valence-electron chi connectivity index (χ0n) is 38.4. The van der Waals surface area contributed by atoms with Crippen LogP contribution in [0.15, 0.2) is 48.6 Å². The summed E-state index contributed by atoms with van der Waals surface area (Å²) in [5.41, 5.74) is 0. The number of aliphatic hydroxyl groups is 2. The van der Waals surface area contributed by atoms with E-state index in [0.717, 1.165) is 44.9 Å². The van der Waals surface area contributed by atoms with Gasteiger partial charge >= 0.3 is 0 Å². The fraction of sp³-hybridized carbons (Fsp3) is 0.830. The van der Waals surface area contributed by atoms with Gasteiger partial charge in [0.2, 0.25) is 5.91 Å². The van der Waals surface area contributed by atoms with Gasteiger partial charge in [0.05, 0.1) is 18.8 Å². The van der Waals surface area contributed by atoms with E-state index in [-0.39, 0.29) is 12.5 Å². The highest BCUT2D eigenvalue weighted by Gasteiger charge is 2.17. The highest BCUT2D eigenvalue weighted by atomic mass is 16.3. The molecule has 0 saturated heterocycles. The third-order valence-corrected chi connectivity index (χ3v) is 11.5. The van der Waals surface area contributed by atoms with Crippen molar-refractivity contribution in [3.8, 4) is 0 Å². The minimum Gasteiger partial charge on any atom is -0.394 e. The van der Waals surface area contributed by atoms with Crippen molar-refractivity contribution in [1.29, 1.82) is 0 Å². The van der Waals surface area contributed by atoms with Crippen LogP contribution in [-0.2, 0) is 4.79 Å². The first kappa shape index (κ1) is 55.4. The second-order valence-electron chi connectivity index (χ2n) is 17.2. The van der Waals surface area contributed by atoms with Crippen molar-refractivity contribution < 1.29 is 15.0 Å². The fourth-order valence-corrected chi connectivity index (χ4v) is 7.70. The molecule has 0 bridgehead atoms. The Morgan fingerprint density at radius 3 is 1.21 bits per heavy atom. The molecule has 0 heterocycles. The first-order chi connectivity index (χ1) is 28.2. The molecule has 2 unspecified atom stereocenters.